The lowest BCUT2D eigenvalue weighted by atomic mass is 10.1. The highest BCUT2D eigenvalue weighted by atomic mass is 32.2. The zero-order valence-corrected chi connectivity index (χ0v) is 13.0. The van der Waals surface area contributed by atoms with E-state index in [4.69, 9.17) is 0 Å². The van der Waals surface area contributed by atoms with Crippen molar-refractivity contribution in [3.8, 4) is 0 Å². The summed E-state index contributed by atoms with van der Waals surface area (Å²) in [6.45, 7) is 1.95. The van der Waals surface area contributed by atoms with E-state index in [9.17, 15) is 9.00 Å². The highest BCUT2D eigenvalue weighted by Crippen LogP contribution is 2.25. The van der Waals surface area contributed by atoms with Crippen molar-refractivity contribution < 1.29 is 9.00 Å². The third-order valence-corrected chi connectivity index (χ3v) is 5.70. The Labute approximate surface area is 129 Å². The van der Waals surface area contributed by atoms with Crippen LogP contribution in [0.1, 0.15) is 13.3 Å². The van der Waals surface area contributed by atoms with Crippen molar-refractivity contribution in [1.82, 2.24) is 5.32 Å². The number of nitrogens with one attached hydrogen (secondary N) is 1. The lowest BCUT2D eigenvalue weighted by Gasteiger charge is -2.03. The average molecular weight is 318 g/mol. The van der Waals surface area contributed by atoms with E-state index in [1.807, 2.05) is 43.3 Å². The van der Waals surface area contributed by atoms with Crippen molar-refractivity contribution in [3.63, 3.8) is 0 Å². The van der Waals surface area contributed by atoms with E-state index in [0.29, 0.717) is 10.1 Å². The van der Waals surface area contributed by atoms with Gasteiger partial charge in [0.15, 0.2) is 16.2 Å². The minimum atomic E-state index is -1.53. The second-order valence-electron chi connectivity index (χ2n) is 4.63. The summed E-state index contributed by atoms with van der Waals surface area (Å²) in [6, 6.07) is 13.4. The van der Waals surface area contributed by atoms with Crippen molar-refractivity contribution in [3.05, 3.63) is 42.5 Å². The fraction of sp³-hybridized carbons (Fsp3) is 0.200. The molecule has 2 aromatic carbocycles. The van der Waals surface area contributed by atoms with Gasteiger partial charge in [-0.15, -0.1) is 0 Å². The molecule has 2 atom stereocenters. The van der Waals surface area contributed by atoms with Crippen molar-refractivity contribution in [2.75, 3.05) is 0 Å². The molecule has 0 spiro atoms. The quantitative estimate of drug-likeness (QED) is 0.946. The zero-order chi connectivity index (χ0) is 14.8. The standard InChI is InChI=1S/C15H14N2O2S2/c1-2-12-14(18)16-15(20-12)17-21(19)13-9-5-7-10-6-3-4-8-11(10)13/h3-9,12H,2H2,1H3,(H,16,17,18). The largest absolute Gasteiger partial charge is 0.304 e. The number of nitrogens with zero attached hydrogens (tertiary/aromatic N) is 1. The second kappa shape index (κ2) is 5.99. The number of thioether (sulfide) groups is 1. The molecule has 108 valence electrons. The highest BCUT2D eigenvalue weighted by molar-refractivity contribution is 8.16. The van der Waals surface area contributed by atoms with Gasteiger partial charge in [0.1, 0.15) is 0 Å². The Morgan fingerprint density at radius 2 is 2.00 bits per heavy atom. The molecule has 0 bridgehead atoms. The third-order valence-electron chi connectivity index (χ3n) is 3.25. The minimum absolute atomic E-state index is 0.0591. The smallest absolute Gasteiger partial charge is 0.239 e. The van der Waals surface area contributed by atoms with E-state index < -0.39 is 11.0 Å². The van der Waals surface area contributed by atoms with Crippen LogP contribution in [0.3, 0.4) is 0 Å². The molecule has 21 heavy (non-hydrogen) atoms. The van der Waals surface area contributed by atoms with E-state index in [0.717, 1.165) is 17.2 Å². The molecule has 1 aliphatic heterocycles. The molecule has 6 heteroatoms. The van der Waals surface area contributed by atoms with Crippen LogP contribution in [-0.2, 0) is 15.8 Å². The highest BCUT2D eigenvalue weighted by Gasteiger charge is 2.29. The van der Waals surface area contributed by atoms with Crippen molar-refractivity contribution >= 4 is 44.6 Å². The number of hydrogen-bond acceptors (Lipinski definition) is 3. The number of carbonyl (C=O) groups excluding carboxylic acids is 1. The van der Waals surface area contributed by atoms with Crippen LogP contribution < -0.4 is 5.32 Å². The zero-order valence-electron chi connectivity index (χ0n) is 11.4. The van der Waals surface area contributed by atoms with Crippen LogP contribution in [0, 0.1) is 0 Å². The van der Waals surface area contributed by atoms with E-state index in [2.05, 4.69) is 9.71 Å². The molecule has 2 unspecified atom stereocenters. The lowest BCUT2D eigenvalue weighted by molar-refractivity contribution is -0.118. The summed E-state index contributed by atoms with van der Waals surface area (Å²) in [4.78, 5) is 12.3. The van der Waals surface area contributed by atoms with E-state index in [-0.39, 0.29) is 11.2 Å². The van der Waals surface area contributed by atoms with E-state index in [1.165, 1.54) is 11.8 Å². The molecule has 3 rings (SSSR count). The van der Waals surface area contributed by atoms with Gasteiger partial charge in [-0.05, 0) is 23.3 Å². The van der Waals surface area contributed by atoms with Crippen LogP contribution in [0.5, 0.6) is 0 Å². The fourth-order valence-corrected chi connectivity index (χ4v) is 4.19. The normalized spacial score (nSPS) is 21.7. The van der Waals surface area contributed by atoms with Crippen LogP contribution >= 0.6 is 11.8 Å². The maximum absolute atomic E-state index is 12.5. The van der Waals surface area contributed by atoms with Gasteiger partial charge in [-0.1, -0.05) is 55.1 Å². The first-order valence-corrected chi connectivity index (χ1v) is 8.63. The summed E-state index contributed by atoms with van der Waals surface area (Å²) >= 11 is 1.34. The Bertz CT molecular complexity index is 753. The predicted octanol–water partition coefficient (Wildman–Crippen LogP) is 2.86. The summed E-state index contributed by atoms with van der Waals surface area (Å²) in [7, 11) is -1.53. The molecule has 0 saturated carbocycles. The summed E-state index contributed by atoms with van der Waals surface area (Å²) in [5.74, 6) is -0.0591. The summed E-state index contributed by atoms with van der Waals surface area (Å²) in [6.07, 6.45) is 0.733. The first-order chi connectivity index (χ1) is 10.2. The molecule has 0 radical (unpaired) electrons. The number of fused-ring (bicyclic) bond motifs is 1. The molecule has 1 fully saturated rings. The van der Waals surface area contributed by atoms with Crippen LogP contribution in [0.15, 0.2) is 51.8 Å². The van der Waals surface area contributed by atoms with Gasteiger partial charge in [0, 0.05) is 0 Å². The molecule has 1 N–H and O–H groups in total. The van der Waals surface area contributed by atoms with Gasteiger partial charge >= 0.3 is 0 Å². The maximum Gasteiger partial charge on any atom is 0.239 e. The molecule has 0 aliphatic carbocycles. The Balaban J connectivity index is 1.93. The Kier molecular flexibility index (Phi) is 4.07. The fourth-order valence-electron chi connectivity index (χ4n) is 2.19. The number of amidine groups is 1. The van der Waals surface area contributed by atoms with Gasteiger partial charge in [0.25, 0.3) is 0 Å². The monoisotopic (exact) mass is 318 g/mol. The Morgan fingerprint density at radius 3 is 2.76 bits per heavy atom. The molecule has 1 aliphatic rings. The van der Waals surface area contributed by atoms with Gasteiger partial charge in [-0.3, -0.25) is 4.79 Å². The number of amides is 1. The molecular formula is C15H14N2O2S2. The lowest BCUT2D eigenvalue weighted by Crippen LogP contribution is -2.24. The van der Waals surface area contributed by atoms with Crippen molar-refractivity contribution in [1.29, 1.82) is 0 Å². The predicted molar refractivity (Wildman–Crippen MR) is 87.6 cm³/mol. The van der Waals surface area contributed by atoms with E-state index >= 15 is 0 Å². The van der Waals surface area contributed by atoms with Crippen LogP contribution in [0.4, 0.5) is 0 Å². The Morgan fingerprint density at radius 1 is 1.24 bits per heavy atom. The van der Waals surface area contributed by atoms with Crippen LogP contribution in [0.2, 0.25) is 0 Å². The molecule has 0 aromatic heterocycles. The molecular weight excluding hydrogens is 304 g/mol. The number of carbonyl (C=O) groups is 1. The SMILES string of the molecule is CCC1S/C(=N/S(=O)c2cccc3ccccc23)NC1=O. The van der Waals surface area contributed by atoms with Gasteiger partial charge in [0.05, 0.1) is 10.1 Å². The summed E-state index contributed by atoms with van der Waals surface area (Å²) in [5, 5.41) is 4.94. The van der Waals surface area contributed by atoms with Crippen molar-refractivity contribution in [2.45, 2.75) is 23.5 Å². The van der Waals surface area contributed by atoms with Crippen molar-refractivity contribution in [2.24, 2.45) is 4.40 Å². The average Bonchev–Trinajstić information content (AvgIpc) is 2.86. The number of hydrogen-bond donors (Lipinski definition) is 1. The second-order valence-corrected chi connectivity index (χ2v) is 6.94. The van der Waals surface area contributed by atoms with E-state index in [1.54, 1.807) is 6.07 Å². The topological polar surface area (TPSA) is 58.5 Å². The number of rotatable bonds is 3. The summed E-state index contributed by atoms with van der Waals surface area (Å²) in [5.41, 5.74) is 0. The third kappa shape index (κ3) is 2.87. The van der Waals surface area contributed by atoms with Crippen LogP contribution in [0.25, 0.3) is 10.8 Å². The van der Waals surface area contributed by atoms with Crippen LogP contribution in [-0.4, -0.2) is 20.5 Å². The molecule has 1 saturated heterocycles. The first-order valence-electron chi connectivity index (χ1n) is 6.65. The maximum atomic E-state index is 12.5. The summed E-state index contributed by atoms with van der Waals surface area (Å²) < 4.78 is 16.6. The van der Waals surface area contributed by atoms with Gasteiger partial charge < -0.3 is 5.32 Å². The molecule has 2 aromatic rings. The van der Waals surface area contributed by atoms with Gasteiger partial charge in [-0.25, -0.2) is 4.21 Å². The minimum Gasteiger partial charge on any atom is -0.304 e. The molecule has 1 amide bonds. The number of benzene rings is 2. The van der Waals surface area contributed by atoms with Gasteiger partial charge in [-0.2, -0.15) is 4.40 Å². The van der Waals surface area contributed by atoms with Gasteiger partial charge in [0.2, 0.25) is 5.91 Å². The Hall–Kier alpha value is -1.66. The molecule has 1 heterocycles. The molecule has 4 nitrogen and oxygen atoms in total. The first kappa shape index (κ1) is 14.3.